The maximum Gasteiger partial charge on any atom is 0.222 e. The van der Waals surface area contributed by atoms with Crippen LogP contribution in [0.15, 0.2) is 24.3 Å². The summed E-state index contributed by atoms with van der Waals surface area (Å²) in [6, 6.07) is 6.60. The molecular formula is C16H23FN2O2. The molecule has 1 saturated heterocycles. The molecule has 1 unspecified atom stereocenters. The van der Waals surface area contributed by atoms with Gasteiger partial charge in [0.05, 0.1) is 12.7 Å². The Morgan fingerprint density at radius 2 is 2.24 bits per heavy atom. The first-order valence-corrected chi connectivity index (χ1v) is 7.34. The Kier molecular flexibility index (Phi) is 5.70. The van der Waals surface area contributed by atoms with Gasteiger partial charge in [-0.25, -0.2) is 4.39 Å². The average molecular weight is 294 g/mol. The van der Waals surface area contributed by atoms with Gasteiger partial charge in [0.2, 0.25) is 5.91 Å². The topological polar surface area (TPSA) is 32.8 Å². The minimum absolute atomic E-state index is 0.0232. The number of aryl methyl sites for hydroxylation is 1. The van der Waals surface area contributed by atoms with Gasteiger partial charge in [-0.15, -0.1) is 0 Å². The van der Waals surface area contributed by atoms with E-state index in [0.717, 1.165) is 13.1 Å². The van der Waals surface area contributed by atoms with Crippen LogP contribution in [-0.2, 0) is 16.0 Å². The maximum absolute atomic E-state index is 13.5. The first-order chi connectivity index (χ1) is 10.1. The van der Waals surface area contributed by atoms with Crippen molar-refractivity contribution in [1.82, 2.24) is 9.80 Å². The standard InChI is InChI=1S/C16H23FN2O2/c1-18-9-10-21-14(11-18)12-19(2)16(20)8-7-13-5-3-4-6-15(13)17/h3-6,14H,7-12H2,1-2H3. The average Bonchev–Trinajstić information content (AvgIpc) is 2.46. The van der Waals surface area contributed by atoms with Crippen LogP contribution >= 0.6 is 0 Å². The molecule has 1 aromatic carbocycles. The van der Waals surface area contributed by atoms with Gasteiger partial charge in [0, 0.05) is 33.1 Å². The van der Waals surface area contributed by atoms with Gasteiger partial charge >= 0.3 is 0 Å². The van der Waals surface area contributed by atoms with E-state index in [-0.39, 0.29) is 17.8 Å². The van der Waals surface area contributed by atoms with Crippen LogP contribution in [-0.4, -0.2) is 62.1 Å². The second-order valence-electron chi connectivity index (χ2n) is 5.62. The molecule has 2 rings (SSSR count). The molecule has 1 fully saturated rings. The Morgan fingerprint density at radius 1 is 1.48 bits per heavy atom. The fourth-order valence-electron chi connectivity index (χ4n) is 2.52. The molecule has 1 atom stereocenters. The third kappa shape index (κ3) is 4.79. The summed E-state index contributed by atoms with van der Waals surface area (Å²) in [6.45, 7) is 3.06. The van der Waals surface area contributed by atoms with Crippen molar-refractivity contribution >= 4 is 5.91 Å². The molecule has 116 valence electrons. The Bertz CT molecular complexity index is 481. The van der Waals surface area contributed by atoms with Crippen molar-refractivity contribution in [2.75, 3.05) is 40.3 Å². The van der Waals surface area contributed by atoms with Crippen molar-refractivity contribution in [3.63, 3.8) is 0 Å². The van der Waals surface area contributed by atoms with Crippen LogP contribution in [0.3, 0.4) is 0 Å². The number of nitrogens with zero attached hydrogens (tertiary/aromatic N) is 2. The van der Waals surface area contributed by atoms with E-state index in [2.05, 4.69) is 11.9 Å². The van der Waals surface area contributed by atoms with E-state index in [0.29, 0.717) is 31.6 Å². The number of hydrogen-bond donors (Lipinski definition) is 0. The fraction of sp³-hybridized carbons (Fsp3) is 0.562. The maximum atomic E-state index is 13.5. The number of likely N-dealkylation sites (N-methyl/N-ethyl adjacent to an activating group) is 2. The van der Waals surface area contributed by atoms with Gasteiger partial charge in [-0.1, -0.05) is 18.2 Å². The third-order valence-corrected chi connectivity index (χ3v) is 3.81. The minimum atomic E-state index is -0.245. The predicted molar refractivity (Wildman–Crippen MR) is 79.6 cm³/mol. The lowest BCUT2D eigenvalue weighted by Gasteiger charge is -2.32. The Labute approximate surface area is 125 Å². The van der Waals surface area contributed by atoms with Crippen molar-refractivity contribution in [1.29, 1.82) is 0 Å². The monoisotopic (exact) mass is 294 g/mol. The van der Waals surface area contributed by atoms with Gasteiger partial charge in [0.1, 0.15) is 5.82 Å². The smallest absolute Gasteiger partial charge is 0.222 e. The van der Waals surface area contributed by atoms with E-state index in [1.807, 2.05) is 0 Å². The van der Waals surface area contributed by atoms with Crippen LogP contribution in [0, 0.1) is 5.82 Å². The third-order valence-electron chi connectivity index (χ3n) is 3.81. The van der Waals surface area contributed by atoms with Gasteiger partial charge in [-0.2, -0.15) is 0 Å². The van der Waals surface area contributed by atoms with Gasteiger partial charge in [0.15, 0.2) is 0 Å². The first-order valence-electron chi connectivity index (χ1n) is 7.34. The number of carbonyl (C=O) groups excluding carboxylic acids is 1. The van der Waals surface area contributed by atoms with E-state index in [1.165, 1.54) is 6.07 Å². The molecule has 0 aliphatic carbocycles. The number of halogens is 1. The SMILES string of the molecule is CN1CCOC(CN(C)C(=O)CCc2ccccc2F)C1. The number of hydrogen-bond acceptors (Lipinski definition) is 3. The highest BCUT2D eigenvalue weighted by atomic mass is 19.1. The van der Waals surface area contributed by atoms with Crippen molar-refractivity contribution in [2.45, 2.75) is 18.9 Å². The minimum Gasteiger partial charge on any atom is -0.374 e. The zero-order chi connectivity index (χ0) is 15.2. The van der Waals surface area contributed by atoms with E-state index in [9.17, 15) is 9.18 Å². The number of morpholine rings is 1. The molecule has 0 radical (unpaired) electrons. The predicted octanol–water partition coefficient (Wildman–Crippen LogP) is 1.55. The highest BCUT2D eigenvalue weighted by Gasteiger charge is 2.21. The van der Waals surface area contributed by atoms with Gasteiger partial charge in [0.25, 0.3) is 0 Å². The largest absolute Gasteiger partial charge is 0.374 e. The summed E-state index contributed by atoms with van der Waals surface area (Å²) in [5, 5.41) is 0. The number of benzene rings is 1. The number of carbonyl (C=O) groups is 1. The summed E-state index contributed by atoms with van der Waals surface area (Å²) >= 11 is 0. The summed E-state index contributed by atoms with van der Waals surface area (Å²) in [4.78, 5) is 16.0. The molecule has 5 heteroatoms. The Balaban J connectivity index is 1.78. The van der Waals surface area contributed by atoms with Crippen molar-refractivity contribution in [2.24, 2.45) is 0 Å². The number of amides is 1. The molecule has 0 spiro atoms. The summed E-state index contributed by atoms with van der Waals surface area (Å²) in [5.41, 5.74) is 0.591. The van der Waals surface area contributed by atoms with E-state index >= 15 is 0 Å². The molecule has 21 heavy (non-hydrogen) atoms. The van der Waals surface area contributed by atoms with Crippen LogP contribution in [0.1, 0.15) is 12.0 Å². The quantitative estimate of drug-likeness (QED) is 0.826. The first kappa shape index (κ1) is 15.9. The molecule has 1 aliphatic rings. The van der Waals surface area contributed by atoms with Crippen molar-refractivity contribution in [3.8, 4) is 0 Å². The summed E-state index contributed by atoms with van der Waals surface area (Å²) in [7, 11) is 3.83. The lowest BCUT2D eigenvalue weighted by Crippen LogP contribution is -2.46. The summed E-state index contributed by atoms with van der Waals surface area (Å²) < 4.78 is 19.2. The zero-order valence-corrected chi connectivity index (χ0v) is 12.7. The van der Waals surface area contributed by atoms with Crippen LogP contribution in [0.2, 0.25) is 0 Å². The number of ether oxygens (including phenoxy) is 1. The molecule has 0 bridgehead atoms. The van der Waals surface area contributed by atoms with Gasteiger partial charge in [-0.3, -0.25) is 4.79 Å². The lowest BCUT2D eigenvalue weighted by molar-refractivity contribution is -0.132. The van der Waals surface area contributed by atoms with Gasteiger partial charge in [-0.05, 0) is 25.1 Å². The molecule has 0 N–H and O–H groups in total. The molecule has 0 saturated carbocycles. The van der Waals surface area contributed by atoms with Crippen molar-refractivity contribution < 1.29 is 13.9 Å². The highest BCUT2D eigenvalue weighted by molar-refractivity contribution is 5.76. The van der Waals surface area contributed by atoms with E-state index in [1.54, 1.807) is 30.1 Å². The van der Waals surface area contributed by atoms with Gasteiger partial charge < -0.3 is 14.5 Å². The normalized spacial score (nSPS) is 19.5. The van der Waals surface area contributed by atoms with Crippen LogP contribution in [0.4, 0.5) is 4.39 Å². The molecule has 1 aliphatic heterocycles. The Hall–Kier alpha value is -1.46. The lowest BCUT2D eigenvalue weighted by atomic mass is 10.1. The molecule has 4 nitrogen and oxygen atoms in total. The fourth-order valence-corrected chi connectivity index (χ4v) is 2.52. The molecule has 1 heterocycles. The Morgan fingerprint density at radius 3 is 2.95 bits per heavy atom. The van der Waals surface area contributed by atoms with E-state index < -0.39 is 0 Å². The highest BCUT2D eigenvalue weighted by Crippen LogP contribution is 2.10. The van der Waals surface area contributed by atoms with E-state index in [4.69, 9.17) is 4.74 Å². The molecular weight excluding hydrogens is 271 g/mol. The molecule has 1 amide bonds. The van der Waals surface area contributed by atoms with Crippen LogP contribution in [0.5, 0.6) is 0 Å². The second-order valence-corrected chi connectivity index (χ2v) is 5.62. The molecule has 1 aromatic rings. The zero-order valence-electron chi connectivity index (χ0n) is 12.7. The summed E-state index contributed by atoms with van der Waals surface area (Å²) in [6.07, 6.45) is 0.813. The second kappa shape index (κ2) is 7.52. The summed E-state index contributed by atoms with van der Waals surface area (Å²) in [5.74, 6) is -0.222. The van der Waals surface area contributed by atoms with Crippen molar-refractivity contribution in [3.05, 3.63) is 35.6 Å². The number of rotatable bonds is 5. The van der Waals surface area contributed by atoms with Crippen LogP contribution in [0.25, 0.3) is 0 Å². The molecule has 0 aromatic heterocycles. The van der Waals surface area contributed by atoms with Crippen LogP contribution < -0.4 is 0 Å².